The van der Waals surface area contributed by atoms with Crippen molar-refractivity contribution in [3.63, 3.8) is 0 Å². The van der Waals surface area contributed by atoms with Crippen LogP contribution in [0.4, 0.5) is 0 Å². The molecule has 1 amide bonds. The van der Waals surface area contributed by atoms with Crippen LogP contribution in [0.3, 0.4) is 0 Å². The third-order valence-electron chi connectivity index (χ3n) is 4.82. The van der Waals surface area contributed by atoms with E-state index >= 15 is 0 Å². The van der Waals surface area contributed by atoms with Crippen molar-refractivity contribution in [3.8, 4) is 11.5 Å². The van der Waals surface area contributed by atoms with E-state index in [0.717, 1.165) is 43.6 Å². The maximum Gasteiger partial charge on any atom is 0.254 e. The smallest absolute Gasteiger partial charge is 0.254 e. The second kappa shape index (κ2) is 9.08. The Hall–Kier alpha value is -1.57. The Morgan fingerprint density at radius 1 is 1.19 bits per heavy atom. The van der Waals surface area contributed by atoms with Gasteiger partial charge in [0.05, 0.1) is 18.0 Å². The molecule has 0 saturated heterocycles. The summed E-state index contributed by atoms with van der Waals surface area (Å²) in [4.78, 5) is 18.3. The van der Waals surface area contributed by atoms with Gasteiger partial charge >= 0.3 is 0 Å². The van der Waals surface area contributed by atoms with Gasteiger partial charge in [-0.25, -0.2) is 0 Å². The van der Waals surface area contributed by atoms with E-state index in [2.05, 4.69) is 40.0 Å². The van der Waals surface area contributed by atoms with Gasteiger partial charge in [0.15, 0.2) is 11.5 Å². The zero-order valence-electron chi connectivity index (χ0n) is 16.0. The van der Waals surface area contributed by atoms with Gasteiger partial charge in [-0.2, -0.15) is 0 Å². The Labute approximate surface area is 173 Å². The van der Waals surface area contributed by atoms with Crippen LogP contribution in [0, 0.1) is 0 Å². The van der Waals surface area contributed by atoms with Crippen molar-refractivity contribution in [1.82, 2.24) is 9.80 Å². The summed E-state index contributed by atoms with van der Waals surface area (Å²) in [6, 6.07) is 7.98. The van der Waals surface area contributed by atoms with Crippen LogP contribution in [0.2, 0.25) is 0 Å². The zero-order valence-corrected chi connectivity index (χ0v) is 18.4. The molecule has 0 bridgehead atoms. The molecule has 0 fully saturated rings. The van der Waals surface area contributed by atoms with Crippen LogP contribution in [-0.4, -0.2) is 56.6 Å². The van der Waals surface area contributed by atoms with E-state index in [4.69, 9.17) is 9.47 Å². The van der Waals surface area contributed by atoms with Gasteiger partial charge in [0.25, 0.3) is 5.91 Å². The molecule has 0 radical (unpaired) electrons. The van der Waals surface area contributed by atoms with Crippen LogP contribution in [0.15, 0.2) is 28.1 Å². The standard InChI is InChI=1S/C20H25BrN2O3S/c1-22(10-7-15-5-6-19(21)27-15)8-4-9-23-13-14-11-17(25-2)18(26-3)12-16(14)20(23)24/h5-6,11-12H,4,7-10,13H2,1-3H3. The molecule has 0 atom stereocenters. The summed E-state index contributed by atoms with van der Waals surface area (Å²) in [7, 11) is 5.34. The lowest BCUT2D eigenvalue weighted by molar-refractivity contribution is 0.0772. The fourth-order valence-corrected chi connectivity index (χ4v) is 4.78. The van der Waals surface area contributed by atoms with Crippen LogP contribution in [-0.2, 0) is 13.0 Å². The molecule has 0 N–H and O–H groups in total. The van der Waals surface area contributed by atoms with E-state index in [1.807, 2.05) is 11.0 Å². The van der Waals surface area contributed by atoms with Gasteiger partial charge in [-0.1, -0.05) is 0 Å². The number of hydrogen-bond acceptors (Lipinski definition) is 5. The summed E-state index contributed by atoms with van der Waals surface area (Å²) in [5, 5.41) is 0. The number of methoxy groups -OCH3 is 2. The molecule has 0 saturated carbocycles. The van der Waals surface area contributed by atoms with Crippen LogP contribution in [0.5, 0.6) is 11.5 Å². The molecule has 0 spiro atoms. The summed E-state index contributed by atoms with van der Waals surface area (Å²) >= 11 is 5.30. The number of nitrogens with zero attached hydrogens (tertiary/aromatic N) is 2. The van der Waals surface area contributed by atoms with Crippen LogP contribution < -0.4 is 9.47 Å². The molecule has 1 aliphatic heterocycles. The molecule has 7 heteroatoms. The molecule has 146 valence electrons. The quantitative estimate of drug-likeness (QED) is 0.575. The lowest BCUT2D eigenvalue weighted by Gasteiger charge is -2.19. The predicted molar refractivity (Wildman–Crippen MR) is 112 cm³/mol. The number of ether oxygens (including phenoxy) is 2. The Balaban J connectivity index is 1.48. The highest BCUT2D eigenvalue weighted by Crippen LogP contribution is 2.34. The maximum atomic E-state index is 12.7. The van der Waals surface area contributed by atoms with E-state index in [1.165, 1.54) is 8.66 Å². The molecule has 3 rings (SSSR count). The summed E-state index contributed by atoms with van der Waals surface area (Å²) in [5.74, 6) is 1.36. The first-order valence-corrected chi connectivity index (χ1v) is 10.6. The minimum Gasteiger partial charge on any atom is -0.493 e. The summed E-state index contributed by atoms with van der Waals surface area (Å²) in [5.41, 5.74) is 1.73. The molecular formula is C20H25BrN2O3S. The number of rotatable bonds is 9. The topological polar surface area (TPSA) is 42.0 Å². The number of benzene rings is 1. The molecular weight excluding hydrogens is 428 g/mol. The van der Waals surface area contributed by atoms with Gasteiger partial charge in [-0.05, 0) is 72.2 Å². The Morgan fingerprint density at radius 3 is 2.59 bits per heavy atom. The Bertz CT molecular complexity index is 809. The fraction of sp³-hybridized carbons (Fsp3) is 0.450. The van der Waals surface area contributed by atoms with Gasteiger partial charge in [0, 0.05) is 30.1 Å². The van der Waals surface area contributed by atoms with Crippen molar-refractivity contribution < 1.29 is 14.3 Å². The summed E-state index contributed by atoms with van der Waals surface area (Å²) < 4.78 is 11.8. The molecule has 0 unspecified atom stereocenters. The normalized spacial score (nSPS) is 13.4. The van der Waals surface area contributed by atoms with Crippen LogP contribution >= 0.6 is 27.3 Å². The van der Waals surface area contributed by atoms with Crippen molar-refractivity contribution in [3.05, 3.63) is 44.1 Å². The SMILES string of the molecule is COc1cc2c(cc1OC)C(=O)N(CCCN(C)CCc1ccc(Br)s1)C2. The van der Waals surface area contributed by atoms with Crippen molar-refractivity contribution in [1.29, 1.82) is 0 Å². The second-order valence-corrected chi connectivity index (χ2v) is 9.25. The molecule has 1 aromatic heterocycles. The number of halogens is 1. The fourth-order valence-electron chi connectivity index (χ4n) is 3.31. The minimum atomic E-state index is 0.0806. The van der Waals surface area contributed by atoms with Crippen LogP contribution in [0.25, 0.3) is 0 Å². The molecule has 5 nitrogen and oxygen atoms in total. The third kappa shape index (κ3) is 4.83. The van der Waals surface area contributed by atoms with Gasteiger partial charge in [-0.15, -0.1) is 11.3 Å². The second-order valence-electron chi connectivity index (χ2n) is 6.70. The molecule has 2 aromatic rings. The number of carbonyl (C=O) groups is 1. The Kier molecular flexibility index (Phi) is 6.78. The third-order valence-corrected chi connectivity index (χ3v) is 6.51. The average molecular weight is 453 g/mol. The first kappa shape index (κ1) is 20.2. The van der Waals surface area contributed by atoms with Crippen molar-refractivity contribution in [2.75, 3.05) is 40.9 Å². The molecule has 1 aliphatic rings. The van der Waals surface area contributed by atoms with E-state index in [-0.39, 0.29) is 5.91 Å². The highest BCUT2D eigenvalue weighted by atomic mass is 79.9. The van der Waals surface area contributed by atoms with Gasteiger partial charge in [0.1, 0.15) is 0 Å². The predicted octanol–water partition coefficient (Wildman–Crippen LogP) is 4.05. The number of hydrogen-bond donors (Lipinski definition) is 0. The van der Waals surface area contributed by atoms with E-state index in [9.17, 15) is 4.79 Å². The molecule has 1 aromatic carbocycles. The van der Waals surface area contributed by atoms with Crippen molar-refractivity contribution in [2.45, 2.75) is 19.4 Å². The number of fused-ring (bicyclic) bond motifs is 1. The average Bonchev–Trinajstić information content (AvgIpc) is 3.22. The lowest BCUT2D eigenvalue weighted by atomic mass is 10.1. The summed E-state index contributed by atoms with van der Waals surface area (Å²) in [6.45, 7) is 3.39. The monoisotopic (exact) mass is 452 g/mol. The number of carbonyl (C=O) groups excluding carboxylic acids is 1. The molecule has 0 aliphatic carbocycles. The number of likely N-dealkylation sites (N-methyl/N-ethyl adjacent to an activating group) is 1. The lowest BCUT2D eigenvalue weighted by Crippen LogP contribution is -2.29. The highest BCUT2D eigenvalue weighted by Gasteiger charge is 2.29. The maximum absolute atomic E-state index is 12.7. The first-order valence-electron chi connectivity index (χ1n) is 8.98. The van der Waals surface area contributed by atoms with Crippen molar-refractivity contribution >= 4 is 33.2 Å². The number of amides is 1. The molecule has 2 heterocycles. The first-order chi connectivity index (χ1) is 13.0. The summed E-state index contributed by atoms with van der Waals surface area (Å²) in [6.07, 6.45) is 2.01. The van der Waals surface area contributed by atoms with E-state index in [0.29, 0.717) is 18.0 Å². The van der Waals surface area contributed by atoms with Gasteiger partial charge in [-0.3, -0.25) is 4.79 Å². The van der Waals surface area contributed by atoms with E-state index in [1.54, 1.807) is 31.6 Å². The highest BCUT2D eigenvalue weighted by molar-refractivity contribution is 9.11. The zero-order chi connectivity index (χ0) is 19.4. The van der Waals surface area contributed by atoms with Gasteiger partial charge in [0.2, 0.25) is 0 Å². The van der Waals surface area contributed by atoms with Crippen molar-refractivity contribution in [2.24, 2.45) is 0 Å². The van der Waals surface area contributed by atoms with Crippen LogP contribution in [0.1, 0.15) is 27.2 Å². The Morgan fingerprint density at radius 2 is 1.93 bits per heavy atom. The molecule has 27 heavy (non-hydrogen) atoms. The minimum absolute atomic E-state index is 0.0806. The largest absolute Gasteiger partial charge is 0.493 e. The number of thiophene rings is 1. The van der Waals surface area contributed by atoms with E-state index < -0.39 is 0 Å². The van der Waals surface area contributed by atoms with Gasteiger partial charge < -0.3 is 19.3 Å².